The molecular weight excluding hydrogens is 937 g/mol. The molecule has 0 aliphatic rings. The van der Waals surface area contributed by atoms with Gasteiger partial charge in [0.15, 0.2) is 6.10 Å². The third-order valence-electron chi connectivity index (χ3n) is 14.1. The first kappa shape index (κ1) is 72.6. The molecule has 76 heavy (non-hydrogen) atoms. The molecule has 0 radical (unpaired) electrons. The fourth-order valence-electron chi connectivity index (χ4n) is 9.27. The number of carbonyl (C=O) groups is 3. The van der Waals surface area contributed by atoms with Crippen LogP contribution < -0.4 is 0 Å². The van der Waals surface area contributed by atoms with Crippen LogP contribution in [0.4, 0.5) is 0 Å². The predicted octanol–water partition coefficient (Wildman–Crippen LogP) is 22.3. The Kier molecular flexibility index (Phi) is 61.2. The smallest absolute Gasteiger partial charge is 0.306 e. The molecule has 0 N–H and O–H groups in total. The Morgan fingerprint density at radius 3 is 0.816 bits per heavy atom. The number of carbonyl (C=O) groups excluding carboxylic acids is 3. The lowest BCUT2D eigenvalue weighted by Gasteiger charge is -2.18. The van der Waals surface area contributed by atoms with Crippen molar-refractivity contribution in [3.05, 3.63) is 85.1 Å². The standard InChI is InChI=1S/C70H122O6/c1-4-7-10-13-16-19-22-25-28-30-32-34-35-36-38-39-42-45-48-51-54-57-60-63-69(72)75-66-67(65-74-68(71)62-59-56-53-50-47-44-41-27-24-21-18-15-12-9-6-3)76-70(73)64-61-58-55-52-49-46-43-40-37-33-31-29-26-23-20-17-14-11-8-5-2/h7,10,16,19,25,27-28,32,34,36,38,41-42,45,67H,4-6,8-9,11-15,17-18,20-24,26,29-31,33,35,37,39-40,43-44,46-66H2,1-3H3/b10-7-,19-16-,28-25-,34-32-,38-36-,41-27-,45-42-. The highest BCUT2D eigenvalue weighted by atomic mass is 16.6. The Morgan fingerprint density at radius 2 is 0.513 bits per heavy atom. The van der Waals surface area contributed by atoms with E-state index < -0.39 is 6.10 Å². The van der Waals surface area contributed by atoms with Crippen molar-refractivity contribution in [2.45, 2.75) is 329 Å². The molecule has 438 valence electrons. The lowest BCUT2D eigenvalue weighted by molar-refractivity contribution is -0.167. The Hall–Kier alpha value is -3.41. The van der Waals surface area contributed by atoms with E-state index in [4.69, 9.17) is 14.2 Å². The SMILES string of the molecule is CC/C=C\C/C=C\C/C=C\C/C=C\C/C=C\C/C=C\CCCCCCC(=O)OCC(COC(=O)CCCCCCC/C=C\CCCCCCCC)OC(=O)CCCCCCCCCCCCCCCCCCCCCC. The monoisotopic (exact) mass is 1060 g/mol. The topological polar surface area (TPSA) is 78.9 Å². The van der Waals surface area contributed by atoms with E-state index in [1.807, 2.05) is 0 Å². The minimum Gasteiger partial charge on any atom is -0.462 e. The highest BCUT2D eigenvalue weighted by molar-refractivity contribution is 5.71. The van der Waals surface area contributed by atoms with Gasteiger partial charge >= 0.3 is 17.9 Å². The van der Waals surface area contributed by atoms with E-state index in [1.54, 1.807) is 0 Å². The second-order valence-corrected chi connectivity index (χ2v) is 21.6. The molecule has 0 aromatic rings. The molecule has 0 saturated heterocycles. The maximum atomic E-state index is 12.9. The zero-order valence-electron chi connectivity index (χ0n) is 50.3. The fourth-order valence-corrected chi connectivity index (χ4v) is 9.27. The molecule has 6 heteroatoms. The van der Waals surface area contributed by atoms with Crippen molar-refractivity contribution in [3.8, 4) is 0 Å². The summed E-state index contributed by atoms with van der Waals surface area (Å²) in [6, 6.07) is 0. The van der Waals surface area contributed by atoms with Gasteiger partial charge in [0.1, 0.15) is 13.2 Å². The van der Waals surface area contributed by atoms with E-state index >= 15 is 0 Å². The zero-order valence-corrected chi connectivity index (χ0v) is 50.3. The van der Waals surface area contributed by atoms with E-state index in [-0.39, 0.29) is 31.1 Å². The molecule has 0 amide bonds. The van der Waals surface area contributed by atoms with Gasteiger partial charge in [-0.25, -0.2) is 0 Å². The van der Waals surface area contributed by atoms with Crippen molar-refractivity contribution in [2.75, 3.05) is 13.2 Å². The first-order valence-electron chi connectivity index (χ1n) is 32.6. The van der Waals surface area contributed by atoms with Gasteiger partial charge in [-0.1, -0.05) is 292 Å². The quantitative estimate of drug-likeness (QED) is 0.0261. The van der Waals surface area contributed by atoms with Gasteiger partial charge in [-0.05, 0) is 96.3 Å². The predicted molar refractivity (Wildman–Crippen MR) is 330 cm³/mol. The summed E-state index contributed by atoms with van der Waals surface area (Å²) in [5.41, 5.74) is 0. The first-order valence-corrected chi connectivity index (χ1v) is 32.6. The maximum absolute atomic E-state index is 12.9. The van der Waals surface area contributed by atoms with Crippen molar-refractivity contribution < 1.29 is 28.6 Å². The summed E-state index contributed by atoms with van der Waals surface area (Å²) >= 11 is 0. The number of esters is 3. The van der Waals surface area contributed by atoms with Crippen LogP contribution in [0.15, 0.2) is 85.1 Å². The highest BCUT2D eigenvalue weighted by Gasteiger charge is 2.19. The second-order valence-electron chi connectivity index (χ2n) is 21.6. The molecule has 0 bridgehead atoms. The molecule has 6 nitrogen and oxygen atoms in total. The molecule has 0 heterocycles. The van der Waals surface area contributed by atoms with Crippen LogP contribution >= 0.6 is 0 Å². The molecule has 0 aliphatic heterocycles. The van der Waals surface area contributed by atoms with E-state index in [2.05, 4.69) is 106 Å². The maximum Gasteiger partial charge on any atom is 0.306 e. The largest absolute Gasteiger partial charge is 0.462 e. The van der Waals surface area contributed by atoms with Crippen molar-refractivity contribution in [1.29, 1.82) is 0 Å². The van der Waals surface area contributed by atoms with E-state index in [0.717, 1.165) is 116 Å². The average molecular weight is 1060 g/mol. The van der Waals surface area contributed by atoms with Crippen LogP contribution in [0.25, 0.3) is 0 Å². The van der Waals surface area contributed by atoms with Crippen LogP contribution in [-0.4, -0.2) is 37.2 Å². The van der Waals surface area contributed by atoms with Crippen LogP contribution in [0.2, 0.25) is 0 Å². The molecule has 0 saturated carbocycles. The first-order chi connectivity index (χ1) is 37.5. The summed E-state index contributed by atoms with van der Waals surface area (Å²) in [4.78, 5) is 38.3. The van der Waals surface area contributed by atoms with Gasteiger partial charge in [-0.2, -0.15) is 0 Å². The summed E-state index contributed by atoms with van der Waals surface area (Å²) in [5.74, 6) is -0.904. The Bertz CT molecular complexity index is 1450. The lowest BCUT2D eigenvalue weighted by atomic mass is 10.0. The Morgan fingerprint density at radius 1 is 0.276 bits per heavy atom. The van der Waals surface area contributed by atoms with E-state index in [0.29, 0.717) is 19.3 Å². The van der Waals surface area contributed by atoms with Crippen molar-refractivity contribution in [1.82, 2.24) is 0 Å². The van der Waals surface area contributed by atoms with Gasteiger partial charge in [-0.15, -0.1) is 0 Å². The number of unbranched alkanes of at least 4 members (excludes halogenated alkanes) is 34. The third-order valence-corrected chi connectivity index (χ3v) is 14.1. The van der Waals surface area contributed by atoms with Crippen molar-refractivity contribution >= 4 is 17.9 Å². The zero-order chi connectivity index (χ0) is 55.0. The van der Waals surface area contributed by atoms with Gasteiger partial charge in [0.05, 0.1) is 0 Å². The minimum atomic E-state index is -0.791. The van der Waals surface area contributed by atoms with Crippen LogP contribution in [-0.2, 0) is 28.6 Å². The summed E-state index contributed by atoms with van der Waals surface area (Å²) in [7, 11) is 0. The second kappa shape index (κ2) is 64.1. The molecule has 0 aromatic heterocycles. The van der Waals surface area contributed by atoms with Gasteiger partial charge in [0.2, 0.25) is 0 Å². The van der Waals surface area contributed by atoms with Crippen molar-refractivity contribution in [3.63, 3.8) is 0 Å². The molecule has 0 aliphatic carbocycles. The molecule has 0 spiro atoms. The summed E-state index contributed by atoms with van der Waals surface area (Å²) < 4.78 is 16.9. The van der Waals surface area contributed by atoms with Gasteiger partial charge in [0, 0.05) is 19.3 Å². The summed E-state index contributed by atoms with van der Waals surface area (Å²) in [5, 5.41) is 0. The van der Waals surface area contributed by atoms with Crippen LogP contribution in [0.1, 0.15) is 323 Å². The number of allylic oxidation sites excluding steroid dienone is 14. The molecular formula is C70H122O6. The normalized spacial score (nSPS) is 12.6. The van der Waals surface area contributed by atoms with E-state index in [9.17, 15) is 14.4 Å². The highest BCUT2D eigenvalue weighted by Crippen LogP contribution is 2.17. The Labute approximate surface area is 471 Å². The van der Waals surface area contributed by atoms with Crippen LogP contribution in [0.3, 0.4) is 0 Å². The third kappa shape index (κ3) is 61.4. The summed E-state index contributed by atoms with van der Waals surface area (Å²) in [6.07, 6.45) is 84.4. The van der Waals surface area contributed by atoms with Crippen molar-refractivity contribution in [2.24, 2.45) is 0 Å². The Balaban J connectivity index is 4.40. The number of rotatable bonds is 59. The minimum absolute atomic E-state index is 0.0865. The van der Waals surface area contributed by atoms with Gasteiger partial charge in [-0.3, -0.25) is 14.4 Å². The lowest BCUT2D eigenvalue weighted by Crippen LogP contribution is -2.30. The summed E-state index contributed by atoms with van der Waals surface area (Å²) in [6.45, 7) is 6.53. The molecule has 0 fully saturated rings. The molecule has 0 aromatic carbocycles. The number of hydrogen-bond acceptors (Lipinski definition) is 6. The average Bonchev–Trinajstić information content (AvgIpc) is 3.42. The van der Waals surface area contributed by atoms with Crippen LogP contribution in [0, 0.1) is 0 Å². The molecule has 1 unspecified atom stereocenters. The van der Waals surface area contributed by atoms with Gasteiger partial charge < -0.3 is 14.2 Å². The van der Waals surface area contributed by atoms with Gasteiger partial charge in [0.25, 0.3) is 0 Å². The molecule has 0 rings (SSSR count). The van der Waals surface area contributed by atoms with E-state index in [1.165, 1.54) is 167 Å². The van der Waals surface area contributed by atoms with Crippen LogP contribution in [0.5, 0.6) is 0 Å². The number of hydrogen-bond donors (Lipinski definition) is 0. The molecule has 1 atom stereocenters. The fraction of sp³-hybridized carbons (Fsp3) is 0.757. The number of ether oxygens (including phenoxy) is 3.